The standard InChI is InChI=1S/C34H50N8O8/c1-33(2,3)50-31(46)39-18-25(44)40-21(7-6-13-38-30(35)36)29(45)37-14-16-42(5)32(47)48-24-11-8-19-17-22-20-9-10-23(43)28-34(20,12-15-41(22)4)26(19)27(24)49-28/h8-11,20-23,28,43H,6-7,12-18H2,1-5H3,(H,37,45)(H,39,46)(H,40,44)(H4,35,36,38)/t20?,21-,22+,23?,28-,34-/m0/s1. The Kier molecular flexibility index (Phi) is 10.8. The zero-order valence-electron chi connectivity index (χ0n) is 29.3. The van der Waals surface area contributed by atoms with Crippen LogP contribution in [0, 0.1) is 11.3 Å². The van der Waals surface area contributed by atoms with E-state index in [-0.39, 0.29) is 36.8 Å². The number of guanidine groups is 1. The highest BCUT2D eigenvalue weighted by Gasteiger charge is 2.64. The molecule has 16 heteroatoms. The summed E-state index contributed by atoms with van der Waals surface area (Å²) in [7, 11) is 3.68. The number of nitrogens with zero attached hydrogens (tertiary/aromatic N) is 2. The minimum absolute atomic E-state index is 0.0613. The molecule has 1 fully saturated rings. The van der Waals surface area contributed by atoms with Gasteiger partial charge in [-0.25, -0.2) is 9.59 Å². The van der Waals surface area contributed by atoms with E-state index in [1.165, 1.54) is 4.90 Å². The maximum atomic E-state index is 13.2. The fraction of sp³-hybridized carbons (Fsp3) is 0.618. The van der Waals surface area contributed by atoms with Gasteiger partial charge in [0.05, 0.1) is 0 Å². The number of piperidine rings is 1. The van der Waals surface area contributed by atoms with Gasteiger partial charge in [0.2, 0.25) is 11.8 Å². The van der Waals surface area contributed by atoms with E-state index in [1.807, 2.05) is 12.1 Å². The van der Waals surface area contributed by atoms with Crippen molar-refractivity contribution in [2.45, 2.75) is 81.8 Å². The molecule has 2 unspecified atom stereocenters. The number of aliphatic hydroxyl groups excluding tert-OH is 1. The lowest BCUT2D eigenvalue weighted by Gasteiger charge is -2.56. The molecule has 0 radical (unpaired) electrons. The molecule has 0 aromatic heterocycles. The fourth-order valence-corrected chi connectivity index (χ4v) is 7.55. The van der Waals surface area contributed by atoms with Gasteiger partial charge in [0, 0.05) is 49.6 Å². The van der Waals surface area contributed by atoms with Crippen LogP contribution in [0.2, 0.25) is 0 Å². The molecule has 50 heavy (non-hydrogen) atoms. The fourth-order valence-electron chi connectivity index (χ4n) is 7.55. The lowest BCUT2D eigenvalue weighted by molar-refractivity contribution is -0.128. The third-order valence-corrected chi connectivity index (χ3v) is 9.82. The monoisotopic (exact) mass is 698 g/mol. The van der Waals surface area contributed by atoms with Crippen LogP contribution in [0.5, 0.6) is 11.5 Å². The Balaban J connectivity index is 1.17. The number of rotatable bonds is 12. The van der Waals surface area contributed by atoms with Crippen molar-refractivity contribution in [2.24, 2.45) is 11.7 Å². The lowest BCUT2D eigenvalue weighted by atomic mass is 9.53. The van der Waals surface area contributed by atoms with Gasteiger partial charge in [0.15, 0.2) is 17.5 Å². The predicted octanol–water partition coefficient (Wildman–Crippen LogP) is 0.312. The summed E-state index contributed by atoms with van der Waals surface area (Å²) in [5, 5.41) is 28.7. The van der Waals surface area contributed by atoms with Crippen molar-refractivity contribution in [3.63, 3.8) is 0 Å². The number of amides is 4. The van der Waals surface area contributed by atoms with E-state index in [0.717, 1.165) is 30.5 Å². The second-order valence-corrected chi connectivity index (χ2v) is 14.4. The van der Waals surface area contributed by atoms with E-state index in [1.54, 1.807) is 33.9 Å². The lowest BCUT2D eigenvalue weighted by Crippen LogP contribution is -2.64. The van der Waals surface area contributed by atoms with Gasteiger partial charge in [0.1, 0.15) is 30.4 Å². The maximum Gasteiger partial charge on any atom is 0.415 e. The minimum Gasteiger partial charge on any atom is -0.482 e. The number of nitrogens with one attached hydrogen (secondary N) is 5. The number of aliphatic hydroxyl groups is 1. The van der Waals surface area contributed by atoms with E-state index in [9.17, 15) is 24.3 Å². The number of nitrogens with two attached hydrogens (primary N) is 1. The number of likely N-dealkylation sites (tertiary alicyclic amines) is 1. The van der Waals surface area contributed by atoms with E-state index in [4.69, 9.17) is 25.4 Å². The van der Waals surface area contributed by atoms with E-state index < -0.39 is 54.4 Å². The summed E-state index contributed by atoms with van der Waals surface area (Å²) < 4.78 is 17.4. The van der Waals surface area contributed by atoms with Gasteiger partial charge in [-0.2, -0.15) is 0 Å². The number of likely N-dealkylation sites (N-methyl/N-ethyl adjacent to an activating group) is 2. The molecule has 4 amide bonds. The molecule has 5 rings (SSSR count). The zero-order valence-corrected chi connectivity index (χ0v) is 29.3. The first kappa shape index (κ1) is 36.7. The Morgan fingerprint density at radius 1 is 1.18 bits per heavy atom. The van der Waals surface area contributed by atoms with E-state index >= 15 is 0 Å². The molecule has 2 aliphatic heterocycles. The highest BCUT2D eigenvalue weighted by atomic mass is 16.6. The second-order valence-electron chi connectivity index (χ2n) is 14.4. The Bertz CT molecular complexity index is 1530. The van der Waals surface area contributed by atoms with Gasteiger partial charge in [-0.3, -0.25) is 15.0 Å². The van der Waals surface area contributed by atoms with Crippen LogP contribution >= 0.6 is 0 Å². The number of hydrogen-bond acceptors (Lipinski definition) is 10. The molecular formula is C34H50N8O8. The summed E-state index contributed by atoms with van der Waals surface area (Å²) in [5.41, 5.74) is 6.40. The van der Waals surface area contributed by atoms with Crippen LogP contribution in [0.3, 0.4) is 0 Å². The van der Waals surface area contributed by atoms with Crippen LogP contribution in [-0.2, 0) is 26.2 Å². The van der Waals surface area contributed by atoms with Gasteiger partial charge in [-0.15, -0.1) is 0 Å². The Morgan fingerprint density at radius 3 is 2.66 bits per heavy atom. The smallest absolute Gasteiger partial charge is 0.415 e. The van der Waals surface area contributed by atoms with Gasteiger partial charge < -0.3 is 56.1 Å². The summed E-state index contributed by atoms with van der Waals surface area (Å²) >= 11 is 0. The topological polar surface area (TPSA) is 221 Å². The minimum atomic E-state index is -0.957. The number of ether oxygens (including phenoxy) is 3. The molecular weight excluding hydrogens is 648 g/mol. The van der Waals surface area contributed by atoms with Crippen LogP contribution in [0.4, 0.5) is 9.59 Å². The van der Waals surface area contributed by atoms with E-state index in [0.29, 0.717) is 30.5 Å². The largest absolute Gasteiger partial charge is 0.482 e. The van der Waals surface area contributed by atoms with Gasteiger partial charge in [-0.05, 0) is 71.7 Å². The third-order valence-electron chi connectivity index (χ3n) is 9.82. The van der Waals surface area contributed by atoms with E-state index in [2.05, 4.69) is 39.3 Å². The molecule has 8 N–H and O–H groups in total. The molecule has 274 valence electrons. The molecule has 2 heterocycles. The molecule has 0 saturated carbocycles. The molecule has 1 spiro atoms. The highest BCUT2D eigenvalue weighted by Crippen LogP contribution is 2.62. The Morgan fingerprint density at radius 2 is 1.94 bits per heavy atom. The molecule has 1 aromatic rings. The summed E-state index contributed by atoms with van der Waals surface area (Å²) in [6.07, 6.45) is 3.58. The number of carbonyl (C=O) groups excluding carboxylic acids is 4. The molecule has 16 nitrogen and oxygen atoms in total. The van der Waals surface area contributed by atoms with Crippen molar-refractivity contribution in [3.05, 3.63) is 35.4 Å². The summed E-state index contributed by atoms with van der Waals surface area (Å²) in [6, 6.07) is 3.08. The molecule has 4 aliphatic rings. The predicted molar refractivity (Wildman–Crippen MR) is 183 cm³/mol. The quantitative estimate of drug-likeness (QED) is 0.0682. The number of hydrogen-bond donors (Lipinski definition) is 7. The second kappa shape index (κ2) is 14.7. The Labute approximate surface area is 291 Å². The molecule has 1 aromatic carbocycles. The number of carbonyl (C=O) groups is 4. The summed E-state index contributed by atoms with van der Waals surface area (Å²) in [6.45, 7) is 6.04. The highest BCUT2D eigenvalue weighted by molar-refractivity contribution is 5.89. The van der Waals surface area contributed by atoms with Crippen molar-refractivity contribution >= 4 is 30.0 Å². The molecule has 2 aliphatic carbocycles. The first-order valence-electron chi connectivity index (χ1n) is 17.0. The third kappa shape index (κ3) is 7.75. The van der Waals surface area contributed by atoms with Crippen LogP contribution < -0.4 is 36.5 Å². The van der Waals surface area contributed by atoms with Crippen LogP contribution in [-0.4, -0.2) is 122 Å². The summed E-state index contributed by atoms with van der Waals surface area (Å²) in [4.78, 5) is 54.6. The normalized spacial score (nSPS) is 24.9. The van der Waals surface area contributed by atoms with Gasteiger partial charge >= 0.3 is 12.2 Å². The van der Waals surface area contributed by atoms with Crippen molar-refractivity contribution in [1.29, 1.82) is 5.41 Å². The van der Waals surface area contributed by atoms with Crippen molar-refractivity contribution in [3.8, 4) is 11.5 Å². The Hall–Kier alpha value is -4.57. The zero-order chi connectivity index (χ0) is 36.4. The SMILES string of the molecule is CN(CCNC(=O)[C@H](CCCNC(=N)N)NC(=O)CNC(=O)OC(C)(C)C)C(=O)Oc1ccc2c3c1O[C@H]1C(O)C=CC4[C@@H](C2)N(C)CC[C@@]341. The average Bonchev–Trinajstić information content (AvgIpc) is 3.40. The van der Waals surface area contributed by atoms with Crippen molar-refractivity contribution < 1.29 is 38.5 Å². The van der Waals surface area contributed by atoms with Crippen LogP contribution in [0.15, 0.2) is 24.3 Å². The maximum absolute atomic E-state index is 13.2. The molecule has 1 saturated heterocycles. The summed E-state index contributed by atoms with van der Waals surface area (Å²) in [5.74, 6) is -0.315. The van der Waals surface area contributed by atoms with Crippen molar-refractivity contribution in [1.82, 2.24) is 31.1 Å². The van der Waals surface area contributed by atoms with Crippen molar-refractivity contribution in [2.75, 3.05) is 46.8 Å². The average molecular weight is 699 g/mol. The van der Waals surface area contributed by atoms with Crippen LogP contribution in [0.1, 0.15) is 51.2 Å². The van der Waals surface area contributed by atoms with Crippen LogP contribution in [0.25, 0.3) is 0 Å². The number of alkyl carbamates (subject to hydrolysis) is 1. The van der Waals surface area contributed by atoms with Gasteiger partial charge in [-0.1, -0.05) is 18.2 Å². The first-order chi connectivity index (χ1) is 23.6. The van der Waals surface area contributed by atoms with Gasteiger partial charge in [0.25, 0.3) is 0 Å². The molecule has 2 bridgehead atoms. The molecule has 6 atom stereocenters. The number of benzene rings is 1. The first-order valence-corrected chi connectivity index (χ1v) is 17.0.